The zero-order valence-electron chi connectivity index (χ0n) is 11.6. The predicted octanol–water partition coefficient (Wildman–Crippen LogP) is 3.78. The van der Waals surface area contributed by atoms with Crippen LogP contribution < -0.4 is 22.3 Å². The highest BCUT2D eigenvalue weighted by Crippen LogP contribution is 2.26. The Bertz CT molecular complexity index is 969. The van der Waals surface area contributed by atoms with Gasteiger partial charge in [0.15, 0.2) is 5.88 Å². The molecule has 0 atom stereocenters. The molecule has 6 N–H and O–H groups in total. The van der Waals surface area contributed by atoms with E-state index in [1.165, 1.54) is 0 Å². The lowest BCUT2D eigenvalue weighted by Gasteiger charge is -2.06. The number of benzene rings is 2. The lowest BCUT2D eigenvalue weighted by atomic mass is 10.2. The summed E-state index contributed by atoms with van der Waals surface area (Å²) in [6.07, 6.45) is 0. The molecular formula is C16H14N4O2. The minimum Gasteiger partial charge on any atom is -0.441 e. The molecule has 2 aromatic heterocycles. The van der Waals surface area contributed by atoms with E-state index in [1.807, 2.05) is 36.4 Å². The third kappa shape index (κ3) is 2.16. The van der Waals surface area contributed by atoms with E-state index in [9.17, 15) is 0 Å². The number of hydrogen-bond acceptors (Lipinski definition) is 6. The van der Waals surface area contributed by atoms with Crippen LogP contribution in [0.4, 0.5) is 23.1 Å². The number of nitrogen functional groups attached to an aromatic ring is 2. The molecule has 0 radical (unpaired) electrons. The molecule has 0 saturated carbocycles. The second-order valence-corrected chi connectivity index (χ2v) is 5.06. The Morgan fingerprint density at radius 2 is 1.64 bits per heavy atom. The van der Waals surface area contributed by atoms with Crippen LogP contribution in [0.15, 0.2) is 57.4 Å². The minimum absolute atomic E-state index is 0.398. The van der Waals surface area contributed by atoms with Crippen molar-refractivity contribution in [1.29, 1.82) is 0 Å². The molecule has 4 aromatic rings. The first-order valence-corrected chi connectivity index (χ1v) is 6.77. The maximum atomic E-state index is 5.75. The van der Waals surface area contributed by atoms with Crippen molar-refractivity contribution in [3.8, 4) is 0 Å². The van der Waals surface area contributed by atoms with Gasteiger partial charge in [-0.1, -0.05) is 0 Å². The van der Waals surface area contributed by atoms with Gasteiger partial charge in [-0.2, -0.15) is 0 Å². The number of anilines is 4. The molecule has 2 aromatic carbocycles. The molecule has 2 heterocycles. The molecule has 0 unspecified atom stereocenters. The molecule has 0 amide bonds. The molecule has 0 saturated heterocycles. The maximum absolute atomic E-state index is 5.75. The molecule has 22 heavy (non-hydrogen) atoms. The second-order valence-electron chi connectivity index (χ2n) is 5.06. The summed E-state index contributed by atoms with van der Waals surface area (Å²) in [5, 5.41) is 1.90. The fraction of sp³-hybridized carbons (Fsp3) is 0. The molecular weight excluding hydrogens is 280 g/mol. The van der Waals surface area contributed by atoms with Gasteiger partial charge in [-0.25, -0.2) is 0 Å². The highest BCUT2D eigenvalue weighted by Gasteiger charge is 2.05. The van der Waals surface area contributed by atoms with Crippen molar-refractivity contribution < 1.29 is 8.83 Å². The summed E-state index contributed by atoms with van der Waals surface area (Å²) in [4.78, 5) is 0. The van der Waals surface area contributed by atoms with E-state index >= 15 is 0 Å². The van der Waals surface area contributed by atoms with E-state index in [1.54, 1.807) is 12.1 Å². The number of furan rings is 2. The monoisotopic (exact) mass is 294 g/mol. The molecule has 110 valence electrons. The standard InChI is InChI=1S/C16H14N4O2/c17-11-2-4-13-10(5-11)7-16(22-13)20-19-12-3-1-9-6-15(18)21-14(9)8-12/h1-8,19-20H,17-18H2. The van der Waals surface area contributed by atoms with Gasteiger partial charge in [-0.15, -0.1) is 0 Å². The van der Waals surface area contributed by atoms with Crippen LogP contribution in [0, 0.1) is 0 Å². The number of fused-ring (bicyclic) bond motifs is 2. The van der Waals surface area contributed by atoms with Crippen LogP contribution >= 0.6 is 0 Å². The Kier molecular flexibility index (Phi) is 2.62. The molecule has 0 aliphatic rings. The molecule has 6 heteroatoms. The van der Waals surface area contributed by atoms with Crippen LogP contribution in [0.2, 0.25) is 0 Å². The van der Waals surface area contributed by atoms with Gasteiger partial charge >= 0.3 is 0 Å². The Morgan fingerprint density at radius 3 is 2.55 bits per heavy atom. The van der Waals surface area contributed by atoms with Gasteiger partial charge in [0.2, 0.25) is 5.88 Å². The number of hydrazine groups is 1. The van der Waals surface area contributed by atoms with Gasteiger partial charge in [0, 0.05) is 34.7 Å². The van der Waals surface area contributed by atoms with Gasteiger partial charge in [0.25, 0.3) is 0 Å². The van der Waals surface area contributed by atoms with Gasteiger partial charge in [-0.05, 0) is 30.3 Å². The van der Waals surface area contributed by atoms with Crippen LogP contribution in [0.5, 0.6) is 0 Å². The van der Waals surface area contributed by atoms with Crippen molar-refractivity contribution in [2.75, 3.05) is 22.3 Å². The van der Waals surface area contributed by atoms with Gasteiger partial charge in [-0.3, -0.25) is 10.9 Å². The summed E-state index contributed by atoms with van der Waals surface area (Å²) in [7, 11) is 0. The normalized spacial score (nSPS) is 11.1. The Balaban J connectivity index is 1.56. The predicted molar refractivity (Wildman–Crippen MR) is 88.5 cm³/mol. The summed E-state index contributed by atoms with van der Waals surface area (Å²) < 4.78 is 11.1. The van der Waals surface area contributed by atoms with Crippen molar-refractivity contribution in [3.63, 3.8) is 0 Å². The quantitative estimate of drug-likeness (QED) is 0.339. The smallest absolute Gasteiger partial charge is 0.212 e. The third-order valence-corrected chi connectivity index (χ3v) is 3.41. The Labute approximate surface area is 125 Å². The topological polar surface area (TPSA) is 102 Å². The van der Waals surface area contributed by atoms with Gasteiger partial charge in [0.05, 0.1) is 5.69 Å². The van der Waals surface area contributed by atoms with Crippen LogP contribution in [0.3, 0.4) is 0 Å². The van der Waals surface area contributed by atoms with E-state index in [0.717, 1.165) is 27.6 Å². The number of hydrogen-bond donors (Lipinski definition) is 4. The van der Waals surface area contributed by atoms with Gasteiger partial charge < -0.3 is 20.3 Å². The molecule has 0 aliphatic carbocycles. The average Bonchev–Trinajstić information content (AvgIpc) is 3.05. The summed E-state index contributed by atoms with van der Waals surface area (Å²) in [6, 6.07) is 14.9. The van der Waals surface area contributed by atoms with E-state index < -0.39 is 0 Å². The highest BCUT2D eigenvalue weighted by atomic mass is 16.4. The lowest BCUT2D eigenvalue weighted by molar-refractivity contribution is 0.631. The summed E-state index contributed by atoms with van der Waals surface area (Å²) in [5.74, 6) is 0.995. The number of nitrogens with two attached hydrogens (primary N) is 2. The van der Waals surface area contributed by atoms with Crippen LogP contribution in [0.1, 0.15) is 0 Å². The zero-order chi connectivity index (χ0) is 15.1. The van der Waals surface area contributed by atoms with Crippen LogP contribution in [-0.4, -0.2) is 0 Å². The summed E-state index contributed by atoms with van der Waals surface area (Å²) in [6.45, 7) is 0. The minimum atomic E-state index is 0.398. The van der Waals surface area contributed by atoms with E-state index in [2.05, 4.69) is 10.9 Å². The van der Waals surface area contributed by atoms with Crippen molar-refractivity contribution >= 4 is 45.1 Å². The lowest BCUT2D eigenvalue weighted by Crippen LogP contribution is -2.07. The largest absolute Gasteiger partial charge is 0.441 e. The Morgan fingerprint density at radius 1 is 0.727 bits per heavy atom. The van der Waals surface area contributed by atoms with Crippen LogP contribution in [0.25, 0.3) is 21.9 Å². The summed E-state index contributed by atoms with van der Waals surface area (Å²) >= 11 is 0. The van der Waals surface area contributed by atoms with Crippen molar-refractivity contribution in [1.82, 2.24) is 0 Å². The second kappa shape index (κ2) is 4.63. The molecule has 4 rings (SSSR count). The van der Waals surface area contributed by atoms with Gasteiger partial charge in [0.1, 0.15) is 11.2 Å². The number of rotatable bonds is 3. The summed E-state index contributed by atoms with van der Waals surface area (Å²) in [5.41, 5.74) is 20.5. The highest BCUT2D eigenvalue weighted by molar-refractivity contribution is 5.85. The fourth-order valence-corrected chi connectivity index (χ4v) is 2.39. The molecule has 6 nitrogen and oxygen atoms in total. The maximum Gasteiger partial charge on any atom is 0.212 e. The average molecular weight is 294 g/mol. The van der Waals surface area contributed by atoms with E-state index in [4.69, 9.17) is 20.3 Å². The molecule has 0 aliphatic heterocycles. The van der Waals surface area contributed by atoms with Crippen molar-refractivity contribution in [3.05, 3.63) is 48.5 Å². The van der Waals surface area contributed by atoms with E-state index in [-0.39, 0.29) is 0 Å². The fourth-order valence-electron chi connectivity index (χ4n) is 2.39. The molecule has 0 spiro atoms. The zero-order valence-corrected chi connectivity index (χ0v) is 11.6. The Hall–Kier alpha value is -3.28. The van der Waals surface area contributed by atoms with Crippen molar-refractivity contribution in [2.24, 2.45) is 0 Å². The first-order chi connectivity index (χ1) is 10.7. The first-order valence-electron chi connectivity index (χ1n) is 6.77. The van der Waals surface area contributed by atoms with Crippen molar-refractivity contribution in [2.45, 2.75) is 0 Å². The first kappa shape index (κ1) is 12.5. The third-order valence-electron chi connectivity index (χ3n) is 3.41. The van der Waals surface area contributed by atoms with Crippen LogP contribution in [-0.2, 0) is 0 Å². The molecule has 0 bridgehead atoms. The van der Waals surface area contributed by atoms with E-state index in [0.29, 0.717) is 17.5 Å². The molecule has 0 fully saturated rings. The SMILES string of the molecule is Nc1ccc2oc(NNc3ccc4cc(N)oc4c3)cc2c1. The number of nitrogens with one attached hydrogen (secondary N) is 2.